The highest BCUT2D eigenvalue weighted by molar-refractivity contribution is 6.30. The zero-order valence-corrected chi connectivity index (χ0v) is 9.25. The van der Waals surface area contributed by atoms with Crippen molar-refractivity contribution in [3.05, 3.63) is 34.9 Å². The van der Waals surface area contributed by atoms with Crippen molar-refractivity contribution in [2.45, 2.75) is 25.9 Å². The molecule has 0 aliphatic carbocycles. The van der Waals surface area contributed by atoms with Gasteiger partial charge in [-0.2, -0.15) is 0 Å². The molecule has 1 aromatic rings. The molecule has 3 heteroatoms. The monoisotopic (exact) mass is 213 g/mol. The first kappa shape index (κ1) is 11.5. The molecular formula is C11H16ClNO. The Kier molecular flexibility index (Phi) is 4.39. The van der Waals surface area contributed by atoms with Crippen LogP contribution in [0.1, 0.15) is 25.5 Å². The minimum atomic E-state index is 0.101. The minimum absolute atomic E-state index is 0.101. The maximum atomic E-state index is 8.90. The lowest BCUT2D eigenvalue weighted by Crippen LogP contribution is -2.31. The average molecular weight is 214 g/mol. The molecule has 0 fully saturated rings. The number of hydrogen-bond donors (Lipinski definition) is 2. The van der Waals surface area contributed by atoms with Crippen molar-refractivity contribution in [3.63, 3.8) is 0 Å². The number of nitrogens with one attached hydrogen (secondary N) is 1. The minimum Gasteiger partial charge on any atom is -0.395 e. The predicted octanol–water partition coefficient (Wildman–Crippen LogP) is 2.37. The SMILES string of the molecule is C[C@H](N[C@@H](C)CO)c1cccc(Cl)c1. The molecule has 2 nitrogen and oxygen atoms in total. The third kappa shape index (κ3) is 3.29. The van der Waals surface area contributed by atoms with Crippen molar-refractivity contribution in [2.75, 3.05) is 6.61 Å². The molecule has 0 aromatic heterocycles. The van der Waals surface area contributed by atoms with Gasteiger partial charge in [-0.15, -0.1) is 0 Å². The van der Waals surface area contributed by atoms with Crippen LogP contribution in [-0.4, -0.2) is 17.8 Å². The van der Waals surface area contributed by atoms with Crippen molar-refractivity contribution in [1.29, 1.82) is 0 Å². The summed E-state index contributed by atoms with van der Waals surface area (Å²) in [6, 6.07) is 8.05. The van der Waals surface area contributed by atoms with Crippen LogP contribution in [0.25, 0.3) is 0 Å². The van der Waals surface area contributed by atoms with Crippen molar-refractivity contribution in [1.82, 2.24) is 5.32 Å². The second-order valence-corrected chi connectivity index (χ2v) is 3.96. The molecule has 14 heavy (non-hydrogen) atoms. The fourth-order valence-corrected chi connectivity index (χ4v) is 1.55. The smallest absolute Gasteiger partial charge is 0.0582 e. The van der Waals surface area contributed by atoms with E-state index in [1.807, 2.05) is 31.2 Å². The van der Waals surface area contributed by atoms with E-state index in [2.05, 4.69) is 12.2 Å². The molecule has 0 aliphatic heterocycles. The quantitative estimate of drug-likeness (QED) is 0.805. The van der Waals surface area contributed by atoms with E-state index in [0.717, 1.165) is 10.6 Å². The topological polar surface area (TPSA) is 32.3 Å². The lowest BCUT2D eigenvalue weighted by atomic mass is 10.1. The molecule has 1 rings (SSSR count). The van der Waals surface area contributed by atoms with Crippen LogP contribution >= 0.6 is 11.6 Å². The van der Waals surface area contributed by atoms with E-state index in [1.165, 1.54) is 0 Å². The second kappa shape index (κ2) is 5.35. The number of benzene rings is 1. The van der Waals surface area contributed by atoms with Crippen molar-refractivity contribution < 1.29 is 5.11 Å². The highest BCUT2D eigenvalue weighted by Crippen LogP contribution is 2.17. The fourth-order valence-electron chi connectivity index (χ4n) is 1.35. The summed E-state index contributed by atoms with van der Waals surface area (Å²) >= 11 is 5.88. The largest absolute Gasteiger partial charge is 0.395 e. The van der Waals surface area contributed by atoms with E-state index in [-0.39, 0.29) is 18.7 Å². The van der Waals surface area contributed by atoms with Gasteiger partial charge in [-0.05, 0) is 31.5 Å². The van der Waals surface area contributed by atoms with Gasteiger partial charge in [0.15, 0.2) is 0 Å². The highest BCUT2D eigenvalue weighted by Gasteiger charge is 2.08. The molecule has 0 radical (unpaired) electrons. The van der Waals surface area contributed by atoms with Crippen molar-refractivity contribution in [3.8, 4) is 0 Å². The molecule has 2 N–H and O–H groups in total. The molecule has 0 amide bonds. The molecule has 1 aromatic carbocycles. The number of aliphatic hydroxyl groups is 1. The Balaban J connectivity index is 2.64. The van der Waals surface area contributed by atoms with E-state index in [1.54, 1.807) is 0 Å². The summed E-state index contributed by atoms with van der Waals surface area (Å²) in [6.45, 7) is 4.14. The Labute approximate surface area is 89.9 Å². The van der Waals surface area contributed by atoms with Crippen molar-refractivity contribution in [2.24, 2.45) is 0 Å². The molecule has 2 atom stereocenters. The Hall–Kier alpha value is -0.570. The molecule has 0 aliphatic rings. The van der Waals surface area contributed by atoms with Crippen molar-refractivity contribution >= 4 is 11.6 Å². The molecule has 0 spiro atoms. The maximum Gasteiger partial charge on any atom is 0.0582 e. The molecule has 0 saturated heterocycles. The number of rotatable bonds is 4. The van der Waals surface area contributed by atoms with Gasteiger partial charge in [0, 0.05) is 17.1 Å². The number of halogens is 1. The van der Waals surface area contributed by atoms with Crippen LogP contribution < -0.4 is 5.32 Å². The summed E-state index contributed by atoms with van der Waals surface area (Å²) in [5.41, 5.74) is 1.14. The van der Waals surface area contributed by atoms with Gasteiger partial charge in [-0.3, -0.25) is 0 Å². The summed E-state index contributed by atoms with van der Waals surface area (Å²) in [5.74, 6) is 0. The first-order valence-electron chi connectivity index (χ1n) is 4.76. The molecule has 0 saturated carbocycles. The van der Waals surface area contributed by atoms with Gasteiger partial charge in [0.1, 0.15) is 0 Å². The third-order valence-electron chi connectivity index (χ3n) is 2.16. The van der Waals surface area contributed by atoms with E-state index in [0.29, 0.717) is 0 Å². The Bertz CT molecular complexity index is 290. The standard InChI is InChI=1S/C11H16ClNO/c1-8(7-14)13-9(2)10-4-3-5-11(12)6-10/h3-6,8-9,13-14H,7H2,1-2H3/t8-,9-/m0/s1. The Morgan fingerprint density at radius 3 is 2.71 bits per heavy atom. The van der Waals surface area contributed by atoms with Gasteiger partial charge in [0.05, 0.1) is 6.61 Å². The van der Waals surface area contributed by atoms with E-state index >= 15 is 0 Å². The van der Waals surface area contributed by atoms with E-state index < -0.39 is 0 Å². The molecule has 0 unspecified atom stereocenters. The lowest BCUT2D eigenvalue weighted by Gasteiger charge is -2.18. The third-order valence-corrected chi connectivity index (χ3v) is 2.39. The first-order valence-corrected chi connectivity index (χ1v) is 5.13. The Morgan fingerprint density at radius 2 is 2.14 bits per heavy atom. The van der Waals surface area contributed by atoms with Crippen LogP contribution in [0.2, 0.25) is 5.02 Å². The van der Waals surface area contributed by atoms with Gasteiger partial charge >= 0.3 is 0 Å². The number of aliphatic hydroxyl groups excluding tert-OH is 1. The second-order valence-electron chi connectivity index (χ2n) is 3.53. The summed E-state index contributed by atoms with van der Waals surface area (Å²) in [6.07, 6.45) is 0. The predicted molar refractivity (Wildman–Crippen MR) is 59.6 cm³/mol. The van der Waals surface area contributed by atoms with E-state index in [4.69, 9.17) is 16.7 Å². The van der Waals surface area contributed by atoms with Gasteiger partial charge in [-0.25, -0.2) is 0 Å². The van der Waals surface area contributed by atoms with Gasteiger partial charge in [0.2, 0.25) is 0 Å². The van der Waals surface area contributed by atoms with E-state index in [9.17, 15) is 0 Å². The summed E-state index contributed by atoms with van der Waals surface area (Å²) in [7, 11) is 0. The zero-order valence-electron chi connectivity index (χ0n) is 8.50. The molecule has 0 bridgehead atoms. The van der Waals surface area contributed by atoms with Crippen LogP contribution in [0.3, 0.4) is 0 Å². The summed E-state index contributed by atoms with van der Waals surface area (Å²) in [5, 5.41) is 12.9. The normalized spacial score (nSPS) is 15.1. The summed E-state index contributed by atoms with van der Waals surface area (Å²) < 4.78 is 0. The average Bonchev–Trinajstić information content (AvgIpc) is 2.17. The first-order chi connectivity index (χ1) is 6.63. The van der Waals surface area contributed by atoms with Gasteiger partial charge in [-0.1, -0.05) is 23.7 Å². The van der Waals surface area contributed by atoms with Crippen LogP contribution in [0.15, 0.2) is 24.3 Å². The molecule has 78 valence electrons. The Morgan fingerprint density at radius 1 is 1.43 bits per heavy atom. The van der Waals surface area contributed by atoms with Gasteiger partial charge < -0.3 is 10.4 Å². The highest BCUT2D eigenvalue weighted by atomic mass is 35.5. The van der Waals surface area contributed by atoms with Crippen LogP contribution in [-0.2, 0) is 0 Å². The fraction of sp³-hybridized carbons (Fsp3) is 0.455. The van der Waals surface area contributed by atoms with Crippen LogP contribution in [0.5, 0.6) is 0 Å². The number of hydrogen-bond acceptors (Lipinski definition) is 2. The lowest BCUT2D eigenvalue weighted by molar-refractivity contribution is 0.243. The van der Waals surface area contributed by atoms with Crippen LogP contribution in [0, 0.1) is 0 Å². The van der Waals surface area contributed by atoms with Crippen LogP contribution in [0.4, 0.5) is 0 Å². The maximum absolute atomic E-state index is 8.90. The summed E-state index contributed by atoms with van der Waals surface area (Å²) in [4.78, 5) is 0. The molecular weight excluding hydrogens is 198 g/mol. The zero-order chi connectivity index (χ0) is 10.6. The molecule has 0 heterocycles. The van der Waals surface area contributed by atoms with Gasteiger partial charge in [0.25, 0.3) is 0 Å².